The molecule has 1 heterocycles. The second-order valence-electron chi connectivity index (χ2n) is 6.45. The van der Waals surface area contributed by atoms with Gasteiger partial charge in [0.15, 0.2) is 0 Å². The van der Waals surface area contributed by atoms with Crippen LogP contribution in [0.3, 0.4) is 0 Å². The van der Waals surface area contributed by atoms with Crippen LogP contribution in [0.4, 0.5) is 0 Å². The quantitative estimate of drug-likeness (QED) is 0.777. The Bertz CT molecular complexity index is 577. The largest absolute Gasteiger partial charge is 0.300 e. The van der Waals surface area contributed by atoms with Crippen LogP contribution >= 0.6 is 11.3 Å². The Morgan fingerprint density at radius 2 is 1.86 bits per heavy atom. The van der Waals surface area contributed by atoms with Gasteiger partial charge in [0.2, 0.25) is 0 Å². The van der Waals surface area contributed by atoms with E-state index in [1.165, 1.54) is 16.1 Å². The van der Waals surface area contributed by atoms with Crippen LogP contribution in [0, 0.1) is 0 Å². The highest BCUT2D eigenvalue weighted by atomic mass is 32.1. The Balaban J connectivity index is 2.23. The van der Waals surface area contributed by atoms with Crippen molar-refractivity contribution >= 4 is 11.3 Å². The van der Waals surface area contributed by atoms with E-state index in [2.05, 4.69) is 69.2 Å². The molecule has 0 saturated heterocycles. The molecule has 0 N–H and O–H groups in total. The summed E-state index contributed by atoms with van der Waals surface area (Å²) in [5.74, 6) is 0. The minimum absolute atomic E-state index is 0.127. The van der Waals surface area contributed by atoms with E-state index >= 15 is 0 Å². The van der Waals surface area contributed by atoms with Crippen LogP contribution in [0.15, 0.2) is 29.6 Å². The van der Waals surface area contributed by atoms with Gasteiger partial charge in [-0.25, -0.2) is 4.98 Å². The Morgan fingerprint density at radius 1 is 1.14 bits per heavy atom. The molecule has 0 unspecified atom stereocenters. The summed E-state index contributed by atoms with van der Waals surface area (Å²) in [7, 11) is 0. The molecule has 0 atom stereocenters. The molecule has 0 aliphatic carbocycles. The van der Waals surface area contributed by atoms with Crippen LogP contribution in [0.1, 0.15) is 45.2 Å². The topological polar surface area (TPSA) is 16.1 Å². The zero-order chi connectivity index (χ0) is 15.5. The molecule has 2 rings (SSSR count). The van der Waals surface area contributed by atoms with Gasteiger partial charge in [0.05, 0.1) is 10.7 Å². The van der Waals surface area contributed by atoms with E-state index in [0.29, 0.717) is 0 Å². The van der Waals surface area contributed by atoms with Crippen molar-refractivity contribution in [1.82, 2.24) is 9.88 Å². The highest BCUT2D eigenvalue weighted by Crippen LogP contribution is 2.30. The molecule has 0 aliphatic heterocycles. The van der Waals surface area contributed by atoms with Gasteiger partial charge in [-0.2, -0.15) is 0 Å². The van der Waals surface area contributed by atoms with E-state index in [1.54, 1.807) is 11.3 Å². The molecule has 0 aliphatic rings. The monoisotopic (exact) mass is 302 g/mol. The summed E-state index contributed by atoms with van der Waals surface area (Å²) in [5.41, 5.74) is 3.82. The molecule has 2 nitrogen and oxygen atoms in total. The first kappa shape index (κ1) is 16.2. The Labute approximate surface area is 132 Å². The Morgan fingerprint density at radius 3 is 2.43 bits per heavy atom. The van der Waals surface area contributed by atoms with Crippen LogP contribution in [0.5, 0.6) is 0 Å². The zero-order valence-electron chi connectivity index (χ0n) is 13.8. The van der Waals surface area contributed by atoms with Crippen molar-refractivity contribution in [2.75, 3.05) is 13.1 Å². The smallest absolute Gasteiger partial charge is 0.0986 e. The number of hydrogen-bond acceptors (Lipinski definition) is 3. The number of benzene rings is 1. The summed E-state index contributed by atoms with van der Waals surface area (Å²) >= 11 is 1.76. The van der Waals surface area contributed by atoms with Gasteiger partial charge in [-0.3, -0.25) is 4.90 Å². The van der Waals surface area contributed by atoms with Gasteiger partial charge in [0.25, 0.3) is 0 Å². The number of rotatable bonds is 5. The number of hydrogen-bond donors (Lipinski definition) is 0. The number of thiazole rings is 1. The molecule has 0 amide bonds. The minimum atomic E-state index is 0.127. The van der Waals surface area contributed by atoms with Crippen molar-refractivity contribution in [3.63, 3.8) is 0 Å². The van der Waals surface area contributed by atoms with Gasteiger partial charge >= 0.3 is 0 Å². The molecule has 2 aromatic rings. The third-order valence-corrected chi connectivity index (χ3v) is 4.94. The molecular formula is C18H26N2S. The zero-order valence-corrected chi connectivity index (χ0v) is 14.6. The Hall–Kier alpha value is -1.19. The third kappa shape index (κ3) is 4.14. The molecule has 0 radical (unpaired) electrons. The number of aromatic nitrogens is 1. The first-order chi connectivity index (χ1) is 9.94. The predicted molar refractivity (Wildman–Crippen MR) is 92.9 cm³/mol. The first-order valence-electron chi connectivity index (χ1n) is 7.71. The average Bonchev–Trinajstić information content (AvgIpc) is 2.95. The van der Waals surface area contributed by atoms with E-state index in [0.717, 1.165) is 25.3 Å². The highest BCUT2D eigenvalue weighted by Gasteiger charge is 2.18. The van der Waals surface area contributed by atoms with Crippen molar-refractivity contribution in [2.45, 2.75) is 46.6 Å². The van der Waals surface area contributed by atoms with Gasteiger partial charge in [0, 0.05) is 22.9 Å². The van der Waals surface area contributed by atoms with Crippen molar-refractivity contribution < 1.29 is 0 Å². The molecule has 3 heteroatoms. The fourth-order valence-electron chi connectivity index (χ4n) is 2.29. The van der Waals surface area contributed by atoms with Crippen molar-refractivity contribution in [3.8, 4) is 11.3 Å². The summed E-state index contributed by atoms with van der Waals surface area (Å²) in [6, 6.07) is 8.79. The maximum absolute atomic E-state index is 4.82. The van der Waals surface area contributed by atoms with Crippen LogP contribution < -0.4 is 0 Å². The van der Waals surface area contributed by atoms with E-state index in [4.69, 9.17) is 4.98 Å². The molecular weight excluding hydrogens is 276 g/mol. The fourth-order valence-corrected chi connectivity index (χ4v) is 3.20. The molecule has 0 bridgehead atoms. The molecule has 0 spiro atoms. The van der Waals surface area contributed by atoms with E-state index < -0.39 is 0 Å². The van der Waals surface area contributed by atoms with Gasteiger partial charge in [-0.05, 0) is 24.7 Å². The standard InChI is InChI=1S/C18H26N2S/c1-6-20(7-2)12-14-9-8-10-15(11-14)16-13-21-17(19-16)18(3,4)5/h8-11,13H,6-7,12H2,1-5H3. The van der Waals surface area contributed by atoms with Gasteiger partial charge in [0.1, 0.15) is 0 Å². The lowest BCUT2D eigenvalue weighted by molar-refractivity contribution is 0.296. The maximum atomic E-state index is 4.82. The summed E-state index contributed by atoms with van der Waals surface area (Å²) in [5, 5.41) is 3.38. The Kier molecular flexibility index (Phi) is 5.17. The highest BCUT2D eigenvalue weighted by molar-refractivity contribution is 7.10. The van der Waals surface area contributed by atoms with Gasteiger partial charge in [-0.15, -0.1) is 11.3 Å². The van der Waals surface area contributed by atoms with Crippen LogP contribution in [0.2, 0.25) is 0 Å². The summed E-state index contributed by atoms with van der Waals surface area (Å²) < 4.78 is 0. The first-order valence-corrected chi connectivity index (χ1v) is 8.59. The van der Waals surface area contributed by atoms with Crippen LogP contribution in [-0.2, 0) is 12.0 Å². The maximum Gasteiger partial charge on any atom is 0.0986 e. The molecule has 21 heavy (non-hydrogen) atoms. The summed E-state index contributed by atoms with van der Waals surface area (Å²) in [4.78, 5) is 7.25. The van der Waals surface area contributed by atoms with Gasteiger partial charge in [-0.1, -0.05) is 52.8 Å². The average molecular weight is 302 g/mol. The van der Waals surface area contributed by atoms with E-state index in [1.807, 2.05) is 0 Å². The number of nitrogens with zero attached hydrogens (tertiary/aromatic N) is 2. The lowest BCUT2D eigenvalue weighted by Crippen LogP contribution is -2.22. The third-order valence-electron chi connectivity index (χ3n) is 3.67. The van der Waals surface area contributed by atoms with Crippen molar-refractivity contribution in [3.05, 3.63) is 40.2 Å². The normalized spacial score (nSPS) is 12.1. The summed E-state index contributed by atoms with van der Waals surface area (Å²) in [6.07, 6.45) is 0. The van der Waals surface area contributed by atoms with Crippen molar-refractivity contribution in [2.24, 2.45) is 0 Å². The molecule has 1 aromatic heterocycles. The second-order valence-corrected chi connectivity index (χ2v) is 7.31. The lowest BCUT2D eigenvalue weighted by Gasteiger charge is -2.18. The van der Waals surface area contributed by atoms with Crippen LogP contribution in [-0.4, -0.2) is 23.0 Å². The predicted octanol–water partition coefficient (Wildman–Crippen LogP) is 4.95. The molecule has 0 saturated carbocycles. The molecule has 1 aromatic carbocycles. The lowest BCUT2D eigenvalue weighted by atomic mass is 9.98. The minimum Gasteiger partial charge on any atom is -0.300 e. The summed E-state index contributed by atoms with van der Waals surface area (Å²) in [6.45, 7) is 14.3. The van der Waals surface area contributed by atoms with Crippen molar-refractivity contribution in [1.29, 1.82) is 0 Å². The SMILES string of the molecule is CCN(CC)Cc1cccc(-c2csc(C(C)(C)C)n2)c1. The van der Waals surface area contributed by atoms with E-state index in [-0.39, 0.29) is 5.41 Å². The molecule has 114 valence electrons. The van der Waals surface area contributed by atoms with E-state index in [9.17, 15) is 0 Å². The van der Waals surface area contributed by atoms with Crippen LogP contribution in [0.25, 0.3) is 11.3 Å². The van der Waals surface area contributed by atoms with Gasteiger partial charge < -0.3 is 0 Å². The fraction of sp³-hybridized carbons (Fsp3) is 0.500. The second kappa shape index (κ2) is 6.71. The molecule has 0 fully saturated rings.